The molecule has 0 bridgehead atoms. The van der Waals surface area contributed by atoms with E-state index in [4.69, 9.17) is 0 Å². The lowest BCUT2D eigenvalue weighted by Crippen LogP contribution is -2.29. The van der Waals surface area contributed by atoms with E-state index in [9.17, 15) is 4.39 Å². The largest absolute Gasteiger partial charge is 0.251 e. The molecule has 150 valence electrons. The number of alkyl halides is 1. The van der Waals surface area contributed by atoms with Gasteiger partial charge in [-0.25, -0.2) is 0 Å². The van der Waals surface area contributed by atoms with E-state index in [1.54, 1.807) is 0 Å². The highest BCUT2D eigenvalue weighted by molar-refractivity contribution is 4.93. The molecule has 3 fully saturated rings. The molecular formula is C25H43F. The van der Waals surface area contributed by atoms with Gasteiger partial charge in [0.2, 0.25) is 0 Å². The fourth-order valence-electron chi connectivity index (χ4n) is 6.60. The van der Waals surface area contributed by atoms with E-state index in [0.29, 0.717) is 6.42 Å². The fraction of sp³-hybridized carbons (Fsp3) is 0.920. The van der Waals surface area contributed by atoms with Crippen molar-refractivity contribution in [3.63, 3.8) is 0 Å². The standard InChI is InChI=1S/C25H43F/c1-2-5-20-7-11-22(12-8-20)24-15-17-25(18-16-24)23-13-9-21(10-14-23)6-3-4-19-26/h3,6,20-25H,2,4-5,7-19H2,1H3/t20-,21-,22-,23-,24-,25-. The molecule has 3 aliphatic carbocycles. The zero-order valence-electron chi connectivity index (χ0n) is 17.3. The Balaban J connectivity index is 1.34. The van der Waals surface area contributed by atoms with Crippen LogP contribution in [0.1, 0.15) is 103 Å². The molecule has 0 aromatic heterocycles. The lowest BCUT2D eigenvalue weighted by molar-refractivity contribution is 0.107. The highest BCUT2D eigenvalue weighted by Crippen LogP contribution is 2.46. The molecule has 0 aromatic rings. The second-order valence-corrected chi connectivity index (χ2v) is 9.83. The monoisotopic (exact) mass is 362 g/mol. The average Bonchev–Trinajstić information content (AvgIpc) is 2.70. The zero-order valence-corrected chi connectivity index (χ0v) is 17.3. The average molecular weight is 363 g/mol. The van der Waals surface area contributed by atoms with Gasteiger partial charge in [0.05, 0.1) is 6.67 Å². The molecule has 0 spiro atoms. The summed E-state index contributed by atoms with van der Waals surface area (Å²) >= 11 is 0. The van der Waals surface area contributed by atoms with Crippen LogP contribution >= 0.6 is 0 Å². The summed E-state index contributed by atoms with van der Waals surface area (Å²) in [6.07, 6.45) is 25.7. The molecule has 0 radical (unpaired) electrons. The number of rotatable bonds is 7. The van der Waals surface area contributed by atoms with Gasteiger partial charge in [-0.15, -0.1) is 0 Å². The van der Waals surface area contributed by atoms with Crippen LogP contribution < -0.4 is 0 Å². The maximum atomic E-state index is 12.2. The van der Waals surface area contributed by atoms with Gasteiger partial charge in [0.1, 0.15) is 0 Å². The van der Waals surface area contributed by atoms with Gasteiger partial charge in [0.25, 0.3) is 0 Å². The van der Waals surface area contributed by atoms with Crippen molar-refractivity contribution in [2.75, 3.05) is 6.67 Å². The maximum absolute atomic E-state index is 12.2. The highest BCUT2D eigenvalue weighted by atomic mass is 19.1. The molecule has 0 saturated heterocycles. The second-order valence-electron chi connectivity index (χ2n) is 9.83. The predicted molar refractivity (Wildman–Crippen MR) is 111 cm³/mol. The minimum Gasteiger partial charge on any atom is -0.251 e. The SMILES string of the molecule is CCC[C@H]1CC[C@H]([C@H]2CC[C@H]([C@H]3CC[C@H](C=CCCF)CC3)CC2)CC1. The van der Waals surface area contributed by atoms with Gasteiger partial charge < -0.3 is 0 Å². The van der Waals surface area contributed by atoms with E-state index in [-0.39, 0.29) is 6.67 Å². The summed E-state index contributed by atoms with van der Waals surface area (Å²) in [6.45, 7) is 2.15. The third-order valence-electron chi connectivity index (χ3n) is 8.24. The molecular weight excluding hydrogens is 319 g/mol. The first-order chi connectivity index (χ1) is 12.8. The van der Waals surface area contributed by atoms with Gasteiger partial charge in [-0.1, -0.05) is 44.8 Å². The molecule has 0 heterocycles. The van der Waals surface area contributed by atoms with E-state index in [0.717, 1.165) is 35.5 Å². The Labute approximate surface area is 162 Å². The van der Waals surface area contributed by atoms with E-state index in [1.807, 2.05) is 0 Å². The second kappa shape index (κ2) is 10.9. The first-order valence-corrected chi connectivity index (χ1v) is 12.0. The molecule has 0 nitrogen and oxygen atoms in total. The number of allylic oxidation sites excluding steroid dienone is 2. The van der Waals surface area contributed by atoms with Crippen LogP contribution in [-0.2, 0) is 0 Å². The Morgan fingerprint density at radius 1 is 0.692 bits per heavy atom. The van der Waals surface area contributed by atoms with Crippen molar-refractivity contribution in [1.29, 1.82) is 0 Å². The molecule has 0 N–H and O–H groups in total. The molecule has 3 saturated carbocycles. The predicted octanol–water partition coefficient (Wildman–Crippen LogP) is 8.12. The third kappa shape index (κ3) is 5.83. The smallest absolute Gasteiger partial charge is 0.0928 e. The molecule has 0 amide bonds. The van der Waals surface area contributed by atoms with Gasteiger partial charge >= 0.3 is 0 Å². The molecule has 0 atom stereocenters. The normalized spacial score (nSPS) is 39.3. The van der Waals surface area contributed by atoms with Gasteiger partial charge in [-0.2, -0.15) is 0 Å². The van der Waals surface area contributed by atoms with Crippen LogP contribution in [0.3, 0.4) is 0 Å². The summed E-state index contributed by atoms with van der Waals surface area (Å²) in [7, 11) is 0. The number of halogens is 1. The van der Waals surface area contributed by atoms with Crippen LogP contribution in [0.4, 0.5) is 4.39 Å². The minimum absolute atomic E-state index is 0.199. The lowest BCUT2D eigenvalue weighted by Gasteiger charge is -2.41. The Morgan fingerprint density at radius 2 is 1.15 bits per heavy atom. The van der Waals surface area contributed by atoms with E-state index >= 15 is 0 Å². The molecule has 0 unspecified atom stereocenters. The molecule has 0 aliphatic heterocycles. The molecule has 3 rings (SSSR count). The molecule has 1 heteroatoms. The van der Waals surface area contributed by atoms with Crippen LogP contribution in [-0.4, -0.2) is 6.67 Å². The van der Waals surface area contributed by atoms with Crippen molar-refractivity contribution in [3.8, 4) is 0 Å². The van der Waals surface area contributed by atoms with Crippen LogP contribution in [0.2, 0.25) is 0 Å². The number of hydrogen-bond donors (Lipinski definition) is 0. The highest BCUT2D eigenvalue weighted by Gasteiger charge is 2.34. The van der Waals surface area contributed by atoms with Gasteiger partial charge in [0, 0.05) is 0 Å². The molecule has 0 aromatic carbocycles. The van der Waals surface area contributed by atoms with E-state index < -0.39 is 0 Å². The van der Waals surface area contributed by atoms with Crippen LogP contribution in [0.25, 0.3) is 0 Å². The van der Waals surface area contributed by atoms with Crippen LogP contribution in [0, 0.1) is 35.5 Å². The van der Waals surface area contributed by atoms with Crippen molar-refractivity contribution in [2.45, 2.75) is 103 Å². The van der Waals surface area contributed by atoms with Gasteiger partial charge in [0.15, 0.2) is 0 Å². The quantitative estimate of drug-likeness (QED) is 0.401. The summed E-state index contributed by atoms with van der Waals surface area (Å²) in [6, 6.07) is 0. The minimum atomic E-state index is -0.199. The maximum Gasteiger partial charge on any atom is 0.0928 e. The van der Waals surface area contributed by atoms with Crippen molar-refractivity contribution >= 4 is 0 Å². The Morgan fingerprint density at radius 3 is 1.62 bits per heavy atom. The van der Waals surface area contributed by atoms with Crippen molar-refractivity contribution < 1.29 is 4.39 Å². The van der Waals surface area contributed by atoms with Gasteiger partial charge in [-0.3, -0.25) is 4.39 Å². The third-order valence-corrected chi connectivity index (χ3v) is 8.24. The fourth-order valence-corrected chi connectivity index (χ4v) is 6.60. The molecule has 26 heavy (non-hydrogen) atoms. The van der Waals surface area contributed by atoms with Crippen molar-refractivity contribution in [3.05, 3.63) is 12.2 Å². The van der Waals surface area contributed by atoms with Crippen LogP contribution in [0.15, 0.2) is 12.2 Å². The van der Waals surface area contributed by atoms with Crippen molar-refractivity contribution in [2.24, 2.45) is 35.5 Å². The van der Waals surface area contributed by atoms with E-state index in [2.05, 4.69) is 19.1 Å². The summed E-state index contributed by atoms with van der Waals surface area (Å²) in [5, 5.41) is 0. The van der Waals surface area contributed by atoms with Crippen molar-refractivity contribution in [1.82, 2.24) is 0 Å². The van der Waals surface area contributed by atoms with Crippen LogP contribution in [0.5, 0.6) is 0 Å². The summed E-state index contributed by atoms with van der Waals surface area (Å²) < 4.78 is 12.2. The lowest BCUT2D eigenvalue weighted by atomic mass is 9.65. The first kappa shape index (κ1) is 20.4. The van der Waals surface area contributed by atoms with Gasteiger partial charge in [-0.05, 0) is 106 Å². The molecule has 3 aliphatic rings. The summed E-state index contributed by atoms with van der Waals surface area (Å²) in [5.74, 6) is 5.96. The first-order valence-electron chi connectivity index (χ1n) is 12.0. The van der Waals surface area contributed by atoms with E-state index in [1.165, 1.54) is 89.9 Å². The summed E-state index contributed by atoms with van der Waals surface area (Å²) in [4.78, 5) is 0. The summed E-state index contributed by atoms with van der Waals surface area (Å²) in [5.41, 5.74) is 0. The Hall–Kier alpha value is -0.330. The Bertz CT molecular complexity index is 390. The topological polar surface area (TPSA) is 0 Å². The zero-order chi connectivity index (χ0) is 18.2. The number of hydrogen-bond acceptors (Lipinski definition) is 0. The Kier molecular flexibility index (Phi) is 8.53.